The van der Waals surface area contributed by atoms with Gasteiger partial charge in [-0.3, -0.25) is 9.59 Å². The minimum Gasteiger partial charge on any atom is -0.340 e. The van der Waals surface area contributed by atoms with Crippen molar-refractivity contribution in [2.75, 3.05) is 7.05 Å². The maximum absolute atomic E-state index is 13.0. The molecule has 2 amide bonds. The predicted octanol–water partition coefficient (Wildman–Crippen LogP) is 3.38. The number of amides is 2. The molecule has 6 heteroatoms. The van der Waals surface area contributed by atoms with Crippen molar-refractivity contribution in [3.63, 3.8) is 0 Å². The van der Waals surface area contributed by atoms with Crippen molar-refractivity contribution in [1.82, 2.24) is 10.2 Å². The van der Waals surface area contributed by atoms with Crippen LogP contribution in [0.1, 0.15) is 29.8 Å². The van der Waals surface area contributed by atoms with Crippen LogP contribution < -0.4 is 5.32 Å². The molecule has 1 N–H and O–H groups in total. The maximum atomic E-state index is 13.0. The van der Waals surface area contributed by atoms with Crippen molar-refractivity contribution >= 4 is 11.8 Å². The lowest BCUT2D eigenvalue weighted by Gasteiger charge is -2.27. The van der Waals surface area contributed by atoms with Gasteiger partial charge in [-0.25, -0.2) is 8.78 Å². The molecule has 0 saturated carbocycles. The zero-order chi connectivity index (χ0) is 19.3. The van der Waals surface area contributed by atoms with Crippen LogP contribution in [-0.4, -0.2) is 29.8 Å². The third-order valence-corrected chi connectivity index (χ3v) is 4.03. The first-order valence-corrected chi connectivity index (χ1v) is 8.33. The Hall–Kier alpha value is -2.76. The van der Waals surface area contributed by atoms with Gasteiger partial charge in [0.2, 0.25) is 5.91 Å². The summed E-state index contributed by atoms with van der Waals surface area (Å²) in [6.07, 6.45) is 0. The molecule has 0 heterocycles. The monoisotopic (exact) mass is 360 g/mol. The first-order chi connectivity index (χ1) is 12.3. The largest absolute Gasteiger partial charge is 0.340 e. The summed E-state index contributed by atoms with van der Waals surface area (Å²) in [6.45, 7) is 3.97. The zero-order valence-corrected chi connectivity index (χ0v) is 15.0. The standard InChI is InChI=1S/C20H22F2N2O2/c1-13(2)18(23-19(25)15-6-10-17(22)11-7-15)20(26)24(3)12-14-4-8-16(21)9-5-14/h4-11,13,18H,12H2,1-3H3,(H,23,25). The zero-order valence-electron chi connectivity index (χ0n) is 15.0. The highest BCUT2D eigenvalue weighted by Gasteiger charge is 2.27. The summed E-state index contributed by atoms with van der Waals surface area (Å²) in [5.74, 6) is -1.60. The molecule has 4 nitrogen and oxygen atoms in total. The number of hydrogen-bond donors (Lipinski definition) is 1. The van der Waals surface area contributed by atoms with Crippen molar-refractivity contribution in [3.05, 3.63) is 71.3 Å². The van der Waals surface area contributed by atoms with Gasteiger partial charge >= 0.3 is 0 Å². The number of rotatable bonds is 6. The number of halogens is 2. The quantitative estimate of drug-likeness (QED) is 0.859. The Morgan fingerprint density at radius 3 is 1.96 bits per heavy atom. The fourth-order valence-electron chi connectivity index (χ4n) is 2.52. The molecule has 26 heavy (non-hydrogen) atoms. The van der Waals surface area contributed by atoms with Gasteiger partial charge < -0.3 is 10.2 Å². The van der Waals surface area contributed by atoms with Crippen molar-refractivity contribution < 1.29 is 18.4 Å². The third-order valence-electron chi connectivity index (χ3n) is 4.03. The Labute approximate surface area is 151 Å². The van der Waals surface area contributed by atoms with E-state index >= 15 is 0 Å². The van der Waals surface area contributed by atoms with Crippen LogP contribution in [-0.2, 0) is 11.3 Å². The number of hydrogen-bond acceptors (Lipinski definition) is 2. The summed E-state index contributed by atoms with van der Waals surface area (Å²) in [7, 11) is 1.63. The lowest BCUT2D eigenvalue weighted by Crippen LogP contribution is -2.50. The Kier molecular flexibility index (Phi) is 6.44. The molecule has 2 aromatic carbocycles. The van der Waals surface area contributed by atoms with E-state index in [-0.39, 0.29) is 23.2 Å². The lowest BCUT2D eigenvalue weighted by molar-refractivity contribution is -0.133. The van der Waals surface area contributed by atoms with E-state index in [0.29, 0.717) is 6.54 Å². The molecule has 0 spiro atoms. The minimum atomic E-state index is -0.724. The SMILES string of the molecule is CC(C)C(NC(=O)c1ccc(F)cc1)C(=O)N(C)Cc1ccc(F)cc1. The molecule has 0 aliphatic heterocycles. The molecule has 0 saturated heterocycles. The van der Waals surface area contributed by atoms with Gasteiger partial charge in [-0.05, 0) is 47.9 Å². The number of nitrogens with zero attached hydrogens (tertiary/aromatic N) is 1. The summed E-state index contributed by atoms with van der Waals surface area (Å²) in [5.41, 5.74) is 1.07. The average Bonchev–Trinajstić information content (AvgIpc) is 2.61. The first kappa shape index (κ1) is 19.6. The lowest BCUT2D eigenvalue weighted by atomic mass is 10.0. The van der Waals surface area contributed by atoms with E-state index in [9.17, 15) is 18.4 Å². The van der Waals surface area contributed by atoms with Crippen LogP contribution in [0.4, 0.5) is 8.78 Å². The Balaban J connectivity index is 2.07. The first-order valence-electron chi connectivity index (χ1n) is 8.33. The smallest absolute Gasteiger partial charge is 0.251 e. The molecule has 138 valence electrons. The average molecular weight is 360 g/mol. The van der Waals surface area contributed by atoms with Crippen molar-refractivity contribution in [1.29, 1.82) is 0 Å². The number of likely N-dealkylation sites (N-methyl/N-ethyl adjacent to an activating group) is 1. The van der Waals surface area contributed by atoms with Gasteiger partial charge in [0.15, 0.2) is 0 Å². The van der Waals surface area contributed by atoms with E-state index < -0.39 is 17.8 Å². The predicted molar refractivity (Wildman–Crippen MR) is 95.4 cm³/mol. The fraction of sp³-hybridized carbons (Fsp3) is 0.300. The van der Waals surface area contributed by atoms with Crippen LogP contribution in [0.2, 0.25) is 0 Å². The summed E-state index contributed by atoms with van der Waals surface area (Å²) < 4.78 is 26.0. The molecular weight excluding hydrogens is 338 g/mol. The van der Waals surface area contributed by atoms with Gasteiger partial charge in [0.1, 0.15) is 17.7 Å². The molecule has 0 fully saturated rings. The van der Waals surface area contributed by atoms with Gasteiger partial charge in [-0.2, -0.15) is 0 Å². The topological polar surface area (TPSA) is 49.4 Å². The molecular formula is C20H22F2N2O2. The second-order valence-corrected chi connectivity index (χ2v) is 6.52. The van der Waals surface area contributed by atoms with Gasteiger partial charge in [-0.15, -0.1) is 0 Å². The van der Waals surface area contributed by atoms with E-state index in [1.165, 1.54) is 41.3 Å². The molecule has 0 aliphatic rings. The molecule has 0 aromatic heterocycles. The normalized spacial score (nSPS) is 11.9. The minimum absolute atomic E-state index is 0.137. The Morgan fingerprint density at radius 1 is 0.962 bits per heavy atom. The fourth-order valence-corrected chi connectivity index (χ4v) is 2.52. The van der Waals surface area contributed by atoms with E-state index in [4.69, 9.17) is 0 Å². The van der Waals surface area contributed by atoms with Crippen molar-refractivity contribution in [2.45, 2.75) is 26.4 Å². The van der Waals surface area contributed by atoms with Gasteiger partial charge in [0.05, 0.1) is 0 Å². The number of nitrogens with one attached hydrogen (secondary N) is 1. The summed E-state index contributed by atoms with van der Waals surface area (Å²) >= 11 is 0. The van der Waals surface area contributed by atoms with E-state index in [2.05, 4.69) is 5.32 Å². The molecule has 2 aromatic rings. The third kappa shape index (κ3) is 5.12. The van der Waals surface area contributed by atoms with Crippen LogP contribution in [0.25, 0.3) is 0 Å². The highest BCUT2D eigenvalue weighted by atomic mass is 19.1. The highest BCUT2D eigenvalue weighted by molar-refractivity contribution is 5.97. The second kappa shape index (κ2) is 8.56. The number of carbonyl (C=O) groups excluding carboxylic acids is 2. The van der Waals surface area contributed by atoms with E-state index in [1.54, 1.807) is 19.2 Å². The van der Waals surface area contributed by atoms with Gasteiger partial charge in [-0.1, -0.05) is 26.0 Å². The Bertz CT molecular complexity index is 758. The molecule has 0 bridgehead atoms. The Morgan fingerprint density at radius 2 is 1.46 bits per heavy atom. The summed E-state index contributed by atoms with van der Waals surface area (Å²) in [4.78, 5) is 26.6. The van der Waals surface area contributed by atoms with Gasteiger partial charge in [0.25, 0.3) is 5.91 Å². The highest BCUT2D eigenvalue weighted by Crippen LogP contribution is 2.11. The van der Waals surface area contributed by atoms with E-state index in [0.717, 1.165) is 5.56 Å². The molecule has 2 rings (SSSR count). The second-order valence-electron chi connectivity index (χ2n) is 6.52. The molecule has 0 aliphatic carbocycles. The molecule has 1 unspecified atom stereocenters. The van der Waals surface area contributed by atoms with Crippen molar-refractivity contribution in [3.8, 4) is 0 Å². The number of benzene rings is 2. The van der Waals surface area contributed by atoms with Crippen LogP contribution in [0.5, 0.6) is 0 Å². The number of carbonyl (C=O) groups is 2. The van der Waals surface area contributed by atoms with Crippen LogP contribution >= 0.6 is 0 Å². The summed E-state index contributed by atoms with van der Waals surface area (Å²) in [6, 6.07) is 10.3. The van der Waals surface area contributed by atoms with Gasteiger partial charge in [0, 0.05) is 19.2 Å². The van der Waals surface area contributed by atoms with Crippen molar-refractivity contribution in [2.24, 2.45) is 5.92 Å². The molecule has 0 radical (unpaired) electrons. The molecule has 1 atom stereocenters. The van der Waals surface area contributed by atoms with Crippen LogP contribution in [0.3, 0.4) is 0 Å². The van der Waals surface area contributed by atoms with Crippen LogP contribution in [0.15, 0.2) is 48.5 Å². The van der Waals surface area contributed by atoms with E-state index in [1.807, 2.05) is 13.8 Å². The summed E-state index contributed by atoms with van der Waals surface area (Å²) in [5, 5.41) is 2.72. The van der Waals surface area contributed by atoms with Crippen LogP contribution in [0, 0.1) is 17.6 Å². The maximum Gasteiger partial charge on any atom is 0.251 e.